The van der Waals surface area contributed by atoms with Crippen LogP contribution in [0, 0.1) is 18.3 Å². The minimum Gasteiger partial charge on any atom is -0.379 e. The molecule has 168 valence electrons. The molecule has 4 heterocycles. The topological polar surface area (TPSA) is 133 Å². The first-order chi connectivity index (χ1) is 15.5. The van der Waals surface area contributed by atoms with Crippen LogP contribution in [0.1, 0.15) is 30.0 Å². The highest BCUT2D eigenvalue weighted by molar-refractivity contribution is 7.16. The number of rotatable bonds is 7. The molecule has 1 aliphatic heterocycles. The zero-order valence-corrected chi connectivity index (χ0v) is 18.8. The van der Waals surface area contributed by atoms with Crippen LogP contribution in [0.25, 0.3) is 10.9 Å². The molecule has 0 aromatic carbocycles. The molecule has 1 N–H and O–H groups in total. The van der Waals surface area contributed by atoms with Gasteiger partial charge >= 0.3 is 0 Å². The number of H-pyrrole nitrogens is 1. The number of carbonyl (C=O) groups excluding carboxylic acids is 1. The second kappa shape index (κ2) is 9.46. The van der Waals surface area contributed by atoms with E-state index >= 15 is 0 Å². The van der Waals surface area contributed by atoms with Crippen molar-refractivity contribution in [2.24, 2.45) is 0 Å². The Kier molecular flexibility index (Phi) is 6.48. The largest absolute Gasteiger partial charge is 0.379 e. The standard InChI is InChI=1S/C20H24N8O3S/c1-13(28-16-11-23-24-19(30)18(16)14(2)25-28)12-31-8-3-17(29)26-4-6-27(7-5-26)20-22-10-15(9-21)32-20/h10-11,13H,3-8,12H2,1-2H3,(H,24,30). The molecule has 1 fully saturated rings. The van der Waals surface area contributed by atoms with Gasteiger partial charge in [0.15, 0.2) is 5.13 Å². The van der Waals surface area contributed by atoms with E-state index in [2.05, 4.69) is 31.2 Å². The number of nitrogens with zero attached hydrogens (tertiary/aromatic N) is 7. The number of aryl methyl sites for hydroxylation is 1. The number of hydrogen-bond donors (Lipinski definition) is 1. The van der Waals surface area contributed by atoms with E-state index in [0.717, 1.165) is 5.13 Å². The molecule has 0 bridgehead atoms. The second-order valence-corrected chi connectivity index (χ2v) is 8.66. The Balaban J connectivity index is 1.22. The first-order valence-corrected chi connectivity index (χ1v) is 11.2. The average molecular weight is 457 g/mol. The first kappa shape index (κ1) is 21.9. The Morgan fingerprint density at radius 1 is 1.34 bits per heavy atom. The van der Waals surface area contributed by atoms with Gasteiger partial charge in [-0.1, -0.05) is 11.3 Å². The molecule has 3 aromatic heterocycles. The van der Waals surface area contributed by atoms with Crippen LogP contribution in [0.5, 0.6) is 0 Å². The predicted octanol–water partition coefficient (Wildman–Crippen LogP) is 1.07. The number of nitrogens with one attached hydrogen (secondary N) is 1. The quantitative estimate of drug-likeness (QED) is 0.522. The summed E-state index contributed by atoms with van der Waals surface area (Å²) < 4.78 is 7.48. The zero-order chi connectivity index (χ0) is 22.7. The number of anilines is 1. The summed E-state index contributed by atoms with van der Waals surface area (Å²) >= 11 is 1.37. The van der Waals surface area contributed by atoms with E-state index in [0.29, 0.717) is 67.3 Å². The number of nitriles is 1. The Morgan fingerprint density at radius 2 is 2.12 bits per heavy atom. The van der Waals surface area contributed by atoms with Crippen LogP contribution >= 0.6 is 11.3 Å². The molecule has 1 aliphatic rings. The molecule has 1 saturated heterocycles. The number of fused-ring (bicyclic) bond motifs is 1. The van der Waals surface area contributed by atoms with Crippen LogP contribution in [-0.2, 0) is 9.53 Å². The summed E-state index contributed by atoms with van der Waals surface area (Å²) in [6.45, 7) is 7.06. The lowest BCUT2D eigenvalue weighted by atomic mass is 10.3. The molecule has 1 atom stereocenters. The van der Waals surface area contributed by atoms with Crippen molar-refractivity contribution in [1.82, 2.24) is 29.9 Å². The number of amides is 1. The lowest BCUT2D eigenvalue weighted by molar-refractivity contribution is -0.132. The smallest absolute Gasteiger partial charge is 0.275 e. The summed E-state index contributed by atoms with van der Waals surface area (Å²) in [4.78, 5) is 33.3. The normalized spacial score (nSPS) is 15.2. The highest BCUT2D eigenvalue weighted by atomic mass is 32.1. The lowest BCUT2D eigenvalue weighted by Crippen LogP contribution is -2.49. The third kappa shape index (κ3) is 4.49. The number of aromatic amines is 1. The van der Waals surface area contributed by atoms with Gasteiger partial charge in [-0.2, -0.15) is 15.5 Å². The maximum Gasteiger partial charge on any atom is 0.275 e. The van der Waals surface area contributed by atoms with Gasteiger partial charge in [0, 0.05) is 26.2 Å². The fourth-order valence-corrected chi connectivity index (χ4v) is 4.53. The molecule has 0 saturated carbocycles. The minimum atomic E-state index is -0.259. The van der Waals surface area contributed by atoms with Crippen LogP contribution in [0.15, 0.2) is 17.2 Å². The van der Waals surface area contributed by atoms with Crippen molar-refractivity contribution in [2.75, 3.05) is 44.3 Å². The molecule has 32 heavy (non-hydrogen) atoms. The molecule has 11 nitrogen and oxygen atoms in total. The van der Waals surface area contributed by atoms with Crippen LogP contribution in [0.4, 0.5) is 5.13 Å². The van der Waals surface area contributed by atoms with Gasteiger partial charge in [-0.05, 0) is 13.8 Å². The van der Waals surface area contributed by atoms with E-state index < -0.39 is 0 Å². The Hall–Kier alpha value is -3.30. The first-order valence-electron chi connectivity index (χ1n) is 10.4. The van der Waals surface area contributed by atoms with Crippen molar-refractivity contribution in [3.05, 3.63) is 33.3 Å². The van der Waals surface area contributed by atoms with E-state index in [9.17, 15) is 9.59 Å². The Labute approximate surface area is 188 Å². The number of ether oxygens (including phenoxy) is 1. The zero-order valence-electron chi connectivity index (χ0n) is 17.9. The van der Waals surface area contributed by atoms with Crippen molar-refractivity contribution >= 4 is 33.3 Å². The van der Waals surface area contributed by atoms with Gasteiger partial charge < -0.3 is 14.5 Å². The maximum atomic E-state index is 12.5. The van der Waals surface area contributed by atoms with Crippen molar-refractivity contribution < 1.29 is 9.53 Å². The Bertz CT molecular complexity index is 1200. The molecule has 0 spiro atoms. The summed E-state index contributed by atoms with van der Waals surface area (Å²) in [7, 11) is 0. The third-order valence-corrected chi connectivity index (χ3v) is 6.41. The summed E-state index contributed by atoms with van der Waals surface area (Å²) in [5.74, 6) is 0.0604. The van der Waals surface area contributed by atoms with Gasteiger partial charge in [-0.15, -0.1) is 0 Å². The van der Waals surface area contributed by atoms with Crippen LogP contribution < -0.4 is 10.5 Å². The fourth-order valence-electron chi connectivity index (χ4n) is 3.77. The summed E-state index contributed by atoms with van der Waals surface area (Å²) in [5, 5.41) is 21.0. The van der Waals surface area contributed by atoms with Crippen molar-refractivity contribution in [3.8, 4) is 6.07 Å². The van der Waals surface area contributed by atoms with Gasteiger partial charge in [-0.25, -0.2) is 10.1 Å². The number of piperazine rings is 1. The number of carbonyl (C=O) groups is 1. The van der Waals surface area contributed by atoms with E-state index in [1.165, 1.54) is 11.3 Å². The second-order valence-electron chi connectivity index (χ2n) is 7.65. The minimum absolute atomic E-state index is 0.0604. The van der Waals surface area contributed by atoms with Gasteiger partial charge in [0.25, 0.3) is 5.56 Å². The number of aromatic nitrogens is 5. The lowest BCUT2D eigenvalue weighted by Gasteiger charge is -2.34. The number of thiazole rings is 1. The van der Waals surface area contributed by atoms with Gasteiger partial charge in [-0.3, -0.25) is 14.3 Å². The van der Waals surface area contributed by atoms with Crippen molar-refractivity contribution in [3.63, 3.8) is 0 Å². The van der Waals surface area contributed by atoms with Gasteiger partial charge in [0.2, 0.25) is 5.91 Å². The van der Waals surface area contributed by atoms with Gasteiger partial charge in [0.1, 0.15) is 10.9 Å². The van der Waals surface area contributed by atoms with Gasteiger partial charge in [0.05, 0.1) is 54.7 Å². The molecule has 4 rings (SSSR count). The molecule has 0 aliphatic carbocycles. The van der Waals surface area contributed by atoms with Crippen molar-refractivity contribution in [2.45, 2.75) is 26.3 Å². The van der Waals surface area contributed by atoms with Crippen molar-refractivity contribution in [1.29, 1.82) is 5.26 Å². The molecule has 12 heteroatoms. The predicted molar refractivity (Wildman–Crippen MR) is 119 cm³/mol. The van der Waals surface area contributed by atoms with E-state index in [-0.39, 0.29) is 17.5 Å². The summed E-state index contributed by atoms with van der Waals surface area (Å²) in [6.07, 6.45) is 3.48. The molecular formula is C20H24N8O3S. The van der Waals surface area contributed by atoms with Crippen LogP contribution in [-0.4, -0.2) is 75.2 Å². The highest BCUT2D eigenvalue weighted by Gasteiger charge is 2.23. The Morgan fingerprint density at radius 3 is 2.84 bits per heavy atom. The molecule has 1 amide bonds. The number of hydrogen-bond acceptors (Lipinski definition) is 9. The molecular weight excluding hydrogens is 432 g/mol. The monoisotopic (exact) mass is 456 g/mol. The molecule has 0 radical (unpaired) electrons. The summed E-state index contributed by atoms with van der Waals surface area (Å²) in [5.41, 5.74) is 1.05. The summed E-state index contributed by atoms with van der Waals surface area (Å²) in [6, 6.07) is 1.99. The third-order valence-electron chi connectivity index (χ3n) is 5.45. The highest BCUT2D eigenvalue weighted by Crippen LogP contribution is 2.23. The SMILES string of the molecule is Cc1nn(C(C)COCCC(=O)N2CCN(c3ncc(C#N)s3)CC2)c2cn[nH]c(=O)c12. The van der Waals surface area contributed by atoms with E-state index in [1.54, 1.807) is 24.0 Å². The molecule has 3 aromatic rings. The van der Waals surface area contributed by atoms with E-state index in [4.69, 9.17) is 10.00 Å². The molecule has 1 unspecified atom stereocenters. The van der Waals surface area contributed by atoms with E-state index in [1.807, 2.05) is 11.8 Å². The maximum absolute atomic E-state index is 12.5. The fraction of sp³-hybridized carbons (Fsp3) is 0.500. The van der Waals surface area contributed by atoms with Crippen LogP contribution in [0.2, 0.25) is 0 Å². The average Bonchev–Trinajstić information content (AvgIpc) is 3.42. The van der Waals surface area contributed by atoms with Crippen LogP contribution in [0.3, 0.4) is 0 Å².